The highest BCUT2D eigenvalue weighted by molar-refractivity contribution is 7.86. The standard InChI is InChI=1S/C15H10O6S/c1-8-6-11-9-4-2-3-5-10(9)14(16)21-15(17)13(11)12(7-8)22(18,19)20/h2-7H,1H3,(H,18,19,20). The third kappa shape index (κ3) is 2.20. The molecule has 0 saturated heterocycles. The molecule has 2 aromatic carbocycles. The van der Waals surface area contributed by atoms with Gasteiger partial charge in [0.1, 0.15) is 4.90 Å². The molecule has 0 aliphatic carbocycles. The van der Waals surface area contributed by atoms with Crippen molar-refractivity contribution in [1.82, 2.24) is 0 Å². The Kier molecular flexibility index (Phi) is 3.12. The van der Waals surface area contributed by atoms with Crippen LogP contribution in [-0.2, 0) is 10.1 Å². The van der Waals surface area contributed by atoms with Gasteiger partial charge >= 0.3 is 11.3 Å². The summed E-state index contributed by atoms with van der Waals surface area (Å²) in [5, 5.41) is 0.425. The zero-order valence-corrected chi connectivity index (χ0v) is 12.2. The summed E-state index contributed by atoms with van der Waals surface area (Å²) in [5.74, 6) is 0. The van der Waals surface area contributed by atoms with Crippen molar-refractivity contribution in [1.29, 1.82) is 0 Å². The van der Waals surface area contributed by atoms with E-state index in [9.17, 15) is 22.6 Å². The monoisotopic (exact) mass is 318 g/mol. The fourth-order valence-electron chi connectivity index (χ4n) is 2.47. The molecule has 0 spiro atoms. The second-order valence-corrected chi connectivity index (χ2v) is 6.27. The molecule has 0 aliphatic heterocycles. The normalized spacial score (nSPS) is 11.9. The summed E-state index contributed by atoms with van der Waals surface area (Å²) >= 11 is 0. The molecule has 22 heavy (non-hydrogen) atoms. The minimum Gasteiger partial charge on any atom is -0.386 e. The van der Waals surface area contributed by atoms with E-state index in [2.05, 4.69) is 4.42 Å². The summed E-state index contributed by atoms with van der Waals surface area (Å²) in [6, 6.07) is 9.06. The van der Waals surface area contributed by atoms with Gasteiger partial charge in [-0.2, -0.15) is 8.42 Å². The van der Waals surface area contributed by atoms with Crippen LogP contribution in [0.2, 0.25) is 0 Å². The van der Waals surface area contributed by atoms with Crippen molar-refractivity contribution < 1.29 is 17.4 Å². The van der Waals surface area contributed by atoms with E-state index in [0.29, 0.717) is 10.9 Å². The fourth-order valence-corrected chi connectivity index (χ4v) is 3.25. The van der Waals surface area contributed by atoms with Crippen LogP contribution in [0.25, 0.3) is 21.5 Å². The molecule has 0 fully saturated rings. The lowest BCUT2D eigenvalue weighted by Gasteiger charge is -2.03. The Morgan fingerprint density at radius 1 is 0.955 bits per heavy atom. The Morgan fingerprint density at radius 3 is 2.23 bits per heavy atom. The third-order valence-electron chi connectivity index (χ3n) is 3.35. The van der Waals surface area contributed by atoms with E-state index in [1.54, 1.807) is 31.2 Å². The molecule has 6 nitrogen and oxygen atoms in total. The molecule has 112 valence electrons. The highest BCUT2D eigenvalue weighted by atomic mass is 32.2. The van der Waals surface area contributed by atoms with Gasteiger partial charge < -0.3 is 4.42 Å². The van der Waals surface area contributed by atoms with Crippen molar-refractivity contribution in [3.63, 3.8) is 0 Å². The molecule has 0 unspecified atom stereocenters. The van der Waals surface area contributed by atoms with Gasteiger partial charge in [0.2, 0.25) is 0 Å². The lowest BCUT2D eigenvalue weighted by molar-refractivity contribution is 0.479. The number of hydrogen-bond acceptors (Lipinski definition) is 5. The van der Waals surface area contributed by atoms with Crippen molar-refractivity contribution in [3.8, 4) is 0 Å². The van der Waals surface area contributed by atoms with Gasteiger partial charge in [0.15, 0.2) is 0 Å². The summed E-state index contributed by atoms with van der Waals surface area (Å²) < 4.78 is 37.2. The molecule has 7 heteroatoms. The largest absolute Gasteiger partial charge is 0.386 e. The van der Waals surface area contributed by atoms with Gasteiger partial charge in [-0.05, 0) is 35.4 Å². The first-order chi connectivity index (χ1) is 10.3. The van der Waals surface area contributed by atoms with E-state index >= 15 is 0 Å². The zero-order chi connectivity index (χ0) is 16.1. The number of fused-ring (bicyclic) bond motifs is 3. The van der Waals surface area contributed by atoms with Gasteiger partial charge in [0.05, 0.1) is 10.8 Å². The highest BCUT2D eigenvalue weighted by Gasteiger charge is 2.19. The highest BCUT2D eigenvalue weighted by Crippen LogP contribution is 2.26. The molecule has 1 N–H and O–H groups in total. The van der Waals surface area contributed by atoms with E-state index in [4.69, 9.17) is 0 Å². The SMILES string of the molecule is Cc1cc(S(=O)(=O)O)c2c(=O)oc(=O)c3ccccc3c2c1. The molecule has 0 radical (unpaired) electrons. The van der Waals surface area contributed by atoms with Gasteiger partial charge in [-0.1, -0.05) is 24.3 Å². The van der Waals surface area contributed by atoms with Crippen LogP contribution in [0.5, 0.6) is 0 Å². The van der Waals surface area contributed by atoms with Gasteiger partial charge in [-0.15, -0.1) is 0 Å². The molecule has 0 bridgehead atoms. The maximum absolute atomic E-state index is 12.1. The summed E-state index contributed by atoms with van der Waals surface area (Å²) in [6.45, 7) is 1.62. The van der Waals surface area contributed by atoms with Crippen LogP contribution >= 0.6 is 0 Å². The van der Waals surface area contributed by atoms with Crippen LogP contribution in [0.4, 0.5) is 0 Å². The maximum Gasteiger partial charge on any atom is 0.348 e. The summed E-state index contributed by atoms with van der Waals surface area (Å²) in [5.41, 5.74) is -1.46. The lowest BCUT2D eigenvalue weighted by atomic mass is 10.0. The van der Waals surface area contributed by atoms with Gasteiger partial charge in [-0.3, -0.25) is 4.55 Å². The first kappa shape index (κ1) is 14.4. The van der Waals surface area contributed by atoms with E-state index in [1.165, 1.54) is 6.07 Å². The van der Waals surface area contributed by atoms with E-state index < -0.39 is 26.3 Å². The van der Waals surface area contributed by atoms with E-state index in [1.807, 2.05) is 0 Å². The maximum atomic E-state index is 12.1. The average molecular weight is 318 g/mol. The Hall–Kier alpha value is -2.51. The minimum absolute atomic E-state index is 0.154. The van der Waals surface area contributed by atoms with Gasteiger partial charge in [0, 0.05) is 0 Å². The lowest BCUT2D eigenvalue weighted by Crippen LogP contribution is -2.09. The summed E-state index contributed by atoms with van der Waals surface area (Å²) in [6.07, 6.45) is 0. The van der Waals surface area contributed by atoms with Crippen LogP contribution in [0, 0.1) is 6.92 Å². The van der Waals surface area contributed by atoms with Gasteiger partial charge in [0.25, 0.3) is 10.1 Å². The molecule has 1 aromatic heterocycles. The quantitative estimate of drug-likeness (QED) is 0.687. The zero-order valence-electron chi connectivity index (χ0n) is 11.4. The number of aryl methyl sites for hydroxylation is 1. The van der Waals surface area contributed by atoms with E-state index in [-0.39, 0.29) is 16.2 Å². The minimum atomic E-state index is -4.65. The Labute approximate surface area is 124 Å². The van der Waals surface area contributed by atoms with Crippen LogP contribution in [0.1, 0.15) is 5.56 Å². The Balaban J connectivity index is 2.83. The number of rotatable bonds is 1. The van der Waals surface area contributed by atoms with E-state index in [0.717, 1.165) is 6.07 Å². The summed E-state index contributed by atoms with van der Waals surface area (Å²) in [7, 11) is -4.65. The topological polar surface area (TPSA) is 102 Å². The van der Waals surface area contributed by atoms with Crippen molar-refractivity contribution in [3.05, 3.63) is 62.8 Å². The fraction of sp³-hybridized carbons (Fsp3) is 0.0667. The first-order valence-electron chi connectivity index (χ1n) is 6.27. The molecule has 0 aliphatic rings. The smallest absolute Gasteiger partial charge is 0.348 e. The van der Waals surface area contributed by atoms with Crippen LogP contribution in [0.3, 0.4) is 0 Å². The van der Waals surface area contributed by atoms with Crippen LogP contribution in [0.15, 0.2) is 55.3 Å². The molecule has 3 rings (SSSR count). The van der Waals surface area contributed by atoms with Crippen molar-refractivity contribution in [2.45, 2.75) is 11.8 Å². The van der Waals surface area contributed by atoms with Gasteiger partial charge in [-0.25, -0.2) is 9.59 Å². The third-order valence-corrected chi connectivity index (χ3v) is 4.23. The molecular weight excluding hydrogens is 308 g/mol. The molecular formula is C15H10O6S. The second-order valence-electron chi connectivity index (χ2n) is 4.88. The Bertz CT molecular complexity index is 1140. The average Bonchev–Trinajstić information content (AvgIpc) is 2.54. The Morgan fingerprint density at radius 2 is 1.59 bits per heavy atom. The number of hydrogen-bond donors (Lipinski definition) is 1. The molecule has 3 aromatic rings. The predicted molar refractivity (Wildman–Crippen MR) is 80.8 cm³/mol. The van der Waals surface area contributed by atoms with Crippen LogP contribution < -0.4 is 11.3 Å². The molecule has 0 saturated carbocycles. The molecule has 1 heterocycles. The van der Waals surface area contributed by atoms with Crippen molar-refractivity contribution in [2.75, 3.05) is 0 Å². The summed E-state index contributed by atoms with van der Waals surface area (Å²) in [4.78, 5) is 23.5. The van der Waals surface area contributed by atoms with Crippen molar-refractivity contribution in [2.24, 2.45) is 0 Å². The second kappa shape index (κ2) is 4.75. The molecule has 0 atom stereocenters. The van der Waals surface area contributed by atoms with Crippen molar-refractivity contribution >= 4 is 31.7 Å². The first-order valence-corrected chi connectivity index (χ1v) is 7.71. The predicted octanol–water partition coefficient (Wildman–Crippen LogP) is 1.86. The molecule has 0 amide bonds. The number of benzene rings is 2. The van der Waals surface area contributed by atoms with Crippen LogP contribution in [-0.4, -0.2) is 13.0 Å².